The number of likely N-dealkylation sites (N-methyl/N-ethyl adjacent to an activating group) is 1. The summed E-state index contributed by atoms with van der Waals surface area (Å²) in [6, 6.07) is 16.1. The lowest BCUT2D eigenvalue weighted by Crippen LogP contribution is -2.22. The van der Waals surface area contributed by atoms with Crippen LogP contribution in [0.1, 0.15) is 31.2 Å². The molecule has 190 valence electrons. The Morgan fingerprint density at radius 3 is 2.43 bits per heavy atom. The van der Waals surface area contributed by atoms with E-state index in [9.17, 15) is 4.79 Å². The molecule has 11 heteroatoms. The zero-order valence-corrected chi connectivity index (χ0v) is 21.4. The first kappa shape index (κ1) is 24.3. The Balaban J connectivity index is 1.62. The summed E-state index contributed by atoms with van der Waals surface area (Å²) in [5.74, 6) is 2.02. The molecule has 0 fully saturated rings. The molecule has 0 radical (unpaired) electrons. The highest BCUT2D eigenvalue weighted by molar-refractivity contribution is 5.86. The van der Waals surface area contributed by atoms with Crippen molar-refractivity contribution in [2.75, 3.05) is 32.5 Å². The number of anilines is 1. The van der Waals surface area contributed by atoms with Gasteiger partial charge in [-0.05, 0) is 36.0 Å². The highest BCUT2D eigenvalue weighted by Gasteiger charge is 2.22. The van der Waals surface area contributed by atoms with Crippen molar-refractivity contribution >= 4 is 16.9 Å². The maximum Gasteiger partial charge on any atom is 0.290 e. The van der Waals surface area contributed by atoms with Gasteiger partial charge in [0.2, 0.25) is 5.82 Å². The summed E-state index contributed by atoms with van der Waals surface area (Å²) in [6.45, 7) is 6.13. The van der Waals surface area contributed by atoms with Crippen LogP contribution in [0.15, 0.2) is 53.3 Å². The van der Waals surface area contributed by atoms with Crippen LogP contribution in [0.4, 0.5) is 5.82 Å². The molecule has 0 bridgehead atoms. The maximum atomic E-state index is 13.1. The monoisotopic (exact) mass is 498 g/mol. The van der Waals surface area contributed by atoms with E-state index in [1.165, 1.54) is 0 Å². The van der Waals surface area contributed by atoms with Gasteiger partial charge >= 0.3 is 0 Å². The van der Waals surface area contributed by atoms with E-state index in [-0.39, 0.29) is 11.5 Å². The number of hydrogen-bond donors (Lipinski definition) is 3. The van der Waals surface area contributed by atoms with Crippen LogP contribution < -0.4 is 10.9 Å². The number of hydrogen-bond acceptors (Lipinski definition) is 8. The fourth-order valence-corrected chi connectivity index (χ4v) is 4.48. The lowest BCUT2D eigenvalue weighted by Gasteiger charge is -2.16. The lowest BCUT2D eigenvalue weighted by atomic mass is 9.95. The predicted octanol–water partition coefficient (Wildman–Crippen LogP) is 3.11. The molecule has 3 aromatic heterocycles. The molecule has 0 aliphatic rings. The van der Waals surface area contributed by atoms with Gasteiger partial charge in [0, 0.05) is 24.6 Å². The minimum absolute atomic E-state index is 0.0974. The molecule has 11 nitrogen and oxygen atoms in total. The molecule has 3 heterocycles. The van der Waals surface area contributed by atoms with Crippen molar-refractivity contribution < 1.29 is 0 Å². The molecule has 0 aliphatic heterocycles. The second-order valence-corrected chi connectivity index (χ2v) is 9.48. The quantitative estimate of drug-likeness (QED) is 0.282. The summed E-state index contributed by atoms with van der Waals surface area (Å²) in [4.78, 5) is 20.1. The van der Waals surface area contributed by atoms with E-state index in [1.54, 1.807) is 0 Å². The van der Waals surface area contributed by atoms with Crippen LogP contribution in [0, 0.1) is 0 Å². The van der Waals surface area contributed by atoms with E-state index in [0.717, 1.165) is 34.6 Å². The third-order valence-corrected chi connectivity index (χ3v) is 6.22. The minimum Gasteiger partial charge on any atom is -0.365 e. The SMILES string of the molecule is CC(C)c1nc2c(NCCN(C)C)n[nH]c(=O)c2n1Cc1ccccc1-c1ccccc1-c1nn[nH]n1. The summed E-state index contributed by atoms with van der Waals surface area (Å²) in [7, 11) is 4.02. The molecule has 0 saturated carbocycles. The average Bonchev–Trinajstić information content (AvgIpc) is 3.55. The van der Waals surface area contributed by atoms with Crippen molar-refractivity contribution in [3.63, 3.8) is 0 Å². The van der Waals surface area contributed by atoms with Gasteiger partial charge < -0.3 is 14.8 Å². The summed E-state index contributed by atoms with van der Waals surface area (Å²) in [6.07, 6.45) is 0. The van der Waals surface area contributed by atoms with Crippen molar-refractivity contribution in [2.45, 2.75) is 26.3 Å². The van der Waals surface area contributed by atoms with E-state index >= 15 is 0 Å². The molecule has 0 atom stereocenters. The largest absolute Gasteiger partial charge is 0.365 e. The number of benzene rings is 2. The standard InChI is InChI=1S/C26H30N10O/c1-16(2)25-28-21-22(26(37)32-29-24(21)27-13-14-35(3)4)36(25)15-17-9-5-6-10-18(17)19-11-7-8-12-20(19)23-30-33-34-31-23/h5-12,16H,13-15H2,1-4H3,(H,27,29)(H,32,37)(H,30,31,33,34). The van der Waals surface area contributed by atoms with Gasteiger partial charge in [-0.2, -0.15) is 10.3 Å². The Morgan fingerprint density at radius 2 is 1.73 bits per heavy atom. The first-order chi connectivity index (χ1) is 17.9. The lowest BCUT2D eigenvalue weighted by molar-refractivity contribution is 0.425. The van der Waals surface area contributed by atoms with E-state index in [2.05, 4.69) is 67.0 Å². The minimum atomic E-state index is -0.266. The second-order valence-electron chi connectivity index (χ2n) is 9.48. The molecule has 37 heavy (non-hydrogen) atoms. The number of aromatic nitrogens is 8. The Morgan fingerprint density at radius 1 is 1.00 bits per heavy atom. The van der Waals surface area contributed by atoms with Gasteiger partial charge in [0.25, 0.3) is 5.56 Å². The van der Waals surface area contributed by atoms with E-state index in [0.29, 0.717) is 35.8 Å². The number of nitrogens with one attached hydrogen (secondary N) is 3. The predicted molar refractivity (Wildman–Crippen MR) is 143 cm³/mol. The number of aromatic amines is 2. The van der Waals surface area contributed by atoms with Crippen LogP contribution in [0.25, 0.3) is 33.5 Å². The number of tetrazole rings is 1. The number of nitrogens with zero attached hydrogens (tertiary/aromatic N) is 7. The second kappa shape index (κ2) is 10.3. The molecular weight excluding hydrogens is 468 g/mol. The Hall–Kier alpha value is -4.38. The zero-order valence-electron chi connectivity index (χ0n) is 21.4. The van der Waals surface area contributed by atoms with Crippen LogP contribution in [-0.2, 0) is 6.54 Å². The molecule has 2 aromatic carbocycles. The van der Waals surface area contributed by atoms with Gasteiger partial charge in [0.15, 0.2) is 5.82 Å². The number of rotatable bonds is 9. The van der Waals surface area contributed by atoms with Crippen molar-refractivity contribution in [1.29, 1.82) is 0 Å². The van der Waals surface area contributed by atoms with Crippen molar-refractivity contribution in [1.82, 2.24) is 45.3 Å². The van der Waals surface area contributed by atoms with Crippen molar-refractivity contribution in [3.05, 3.63) is 70.3 Å². The number of H-pyrrole nitrogens is 2. The van der Waals surface area contributed by atoms with Crippen LogP contribution in [0.3, 0.4) is 0 Å². The Labute approximate surface area is 213 Å². The summed E-state index contributed by atoms with van der Waals surface area (Å²) >= 11 is 0. The van der Waals surface area contributed by atoms with Crippen molar-refractivity contribution in [3.8, 4) is 22.5 Å². The normalized spacial score (nSPS) is 11.6. The van der Waals surface area contributed by atoms with E-state index < -0.39 is 0 Å². The summed E-state index contributed by atoms with van der Waals surface area (Å²) < 4.78 is 2.01. The van der Waals surface area contributed by atoms with Crippen LogP contribution >= 0.6 is 0 Å². The van der Waals surface area contributed by atoms with Gasteiger partial charge in [-0.3, -0.25) is 4.79 Å². The molecular formula is C26H30N10O. The highest BCUT2D eigenvalue weighted by atomic mass is 16.1. The number of imidazole rings is 1. The van der Waals surface area contributed by atoms with Crippen LogP contribution in [0.5, 0.6) is 0 Å². The molecule has 0 aliphatic carbocycles. The number of fused-ring (bicyclic) bond motifs is 1. The first-order valence-electron chi connectivity index (χ1n) is 12.2. The van der Waals surface area contributed by atoms with Gasteiger partial charge in [0.05, 0.1) is 6.54 Å². The molecule has 3 N–H and O–H groups in total. The average molecular weight is 499 g/mol. The Kier molecular flexibility index (Phi) is 6.78. The van der Waals surface area contributed by atoms with E-state index in [1.807, 2.05) is 55.1 Å². The van der Waals surface area contributed by atoms with Gasteiger partial charge in [-0.15, -0.1) is 10.2 Å². The van der Waals surface area contributed by atoms with Gasteiger partial charge in [-0.1, -0.05) is 62.4 Å². The summed E-state index contributed by atoms with van der Waals surface area (Å²) in [5.41, 5.74) is 4.74. The fourth-order valence-electron chi connectivity index (χ4n) is 4.48. The molecule has 5 rings (SSSR count). The summed E-state index contributed by atoms with van der Waals surface area (Å²) in [5, 5.41) is 24.9. The third-order valence-electron chi connectivity index (χ3n) is 6.22. The molecule has 0 spiro atoms. The highest BCUT2D eigenvalue weighted by Crippen LogP contribution is 2.33. The Bertz CT molecular complexity index is 1570. The van der Waals surface area contributed by atoms with Gasteiger partial charge in [-0.25, -0.2) is 10.1 Å². The maximum absolute atomic E-state index is 13.1. The molecule has 0 saturated heterocycles. The zero-order chi connectivity index (χ0) is 25.9. The van der Waals surface area contributed by atoms with Gasteiger partial charge in [0.1, 0.15) is 16.9 Å². The fraction of sp³-hybridized carbons (Fsp3) is 0.308. The van der Waals surface area contributed by atoms with Crippen LogP contribution in [-0.4, -0.2) is 72.5 Å². The molecule has 5 aromatic rings. The first-order valence-corrected chi connectivity index (χ1v) is 12.2. The third kappa shape index (κ3) is 4.85. The van der Waals surface area contributed by atoms with E-state index in [4.69, 9.17) is 4.98 Å². The topological polar surface area (TPSA) is 133 Å². The van der Waals surface area contributed by atoms with Crippen molar-refractivity contribution in [2.24, 2.45) is 0 Å². The smallest absolute Gasteiger partial charge is 0.290 e. The molecule has 0 amide bonds. The van der Waals surface area contributed by atoms with Crippen LogP contribution in [0.2, 0.25) is 0 Å². The molecule has 0 unspecified atom stereocenters.